The monoisotopic (exact) mass is 341 g/mol. The maximum atomic E-state index is 11.5. The number of rotatable bonds is 1. The third-order valence-electron chi connectivity index (χ3n) is 8.65. The van der Waals surface area contributed by atoms with Crippen LogP contribution in [0.5, 0.6) is 0 Å². The van der Waals surface area contributed by atoms with Gasteiger partial charge in [-0.05, 0) is 80.5 Å². The van der Waals surface area contributed by atoms with E-state index in [-0.39, 0.29) is 17.5 Å². The van der Waals surface area contributed by atoms with Crippen LogP contribution in [-0.4, -0.2) is 12.1 Å². The Balaban J connectivity index is 1.61. The van der Waals surface area contributed by atoms with Crippen molar-refractivity contribution in [1.29, 1.82) is 5.26 Å². The number of esters is 1. The molecule has 0 aromatic rings. The topological polar surface area (TPSA) is 50.1 Å². The van der Waals surface area contributed by atoms with Gasteiger partial charge in [0.05, 0.1) is 6.07 Å². The van der Waals surface area contributed by atoms with Crippen molar-refractivity contribution in [2.45, 2.75) is 78.2 Å². The molecule has 4 aliphatic rings. The summed E-state index contributed by atoms with van der Waals surface area (Å²) in [5.41, 5.74) is 1.47. The summed E-state index contributed by atoms with van der Waals surface area (Å²) < 4.78 is 5.74. The molecule has 4 rings (SSSR count). The number of carbonyl (C=O) groups is 1. The van der Waals surface area contributed by atoms with Gasteiger partial charge in [0, 0.05) is 17.9 Å². The van der Waals surface area contributed by atoms with Gasteiger partial charge >= 0.3 is 5.97 Å². The Kier molecular flexibility index (Phi) is 4.02. The smallest absolute Gasteiger partial charge is 0.302 e. The van der Waals surface area contributed by atoms with Gasteiger partial charge in [0.15, 0.2) is 0 Å². The first-order chi connectivity index (χ1) is 11.9. The Labute approximate surface area is 151 Å². The van der Waals surface area contributed by atoms with Gasteiger partial charge < -0.3 is 4.74 Å². The van der Waals surface area contributed by atoms with E-state index < -0.39 is 0 Å². The average Bonchev–Trinajstić information content (AvgIpc) is 2.90. The highest BCUT2D eigenvalue weighted by molar-refractivity contribution is 5.66. The Morgan fingerprint density at radius 1 is 1.16 bits per heavy atom. The normalized spacial score (nSPS) is 48.4. The Morgan fingerprint density at radius 2 is 1.92 bits per heavy atom. The summed E-state index contributed by atoms with van der Waals surface area (Å²) in [6.45, 7) is 6.40. The van der Waals surface area contributed by atoms with Crippen LogP contribution in [0, 0.1) is 45.8 Å². The summed E-state index contributed by atoms with van der Waals surface area (Å²) in [6.07, 6.45) is 11.7. The lowest BCUT2D eigenvalue weighted by molar-refractivity contribution is -0.159. The highest BCUT2D eigenvalue weighted by Gasteiger charge is 2.60. The number of ether oxygens (including phenoxy) is 1. The van der Waals surface area contributed by atoms with E-state index in [1.807, 2.05) is 0 Å². The Hall–Kier alpha value is -1.30. The lowest BCUT2D eigenvalue weighted by atomic mass is 9.45. The molecule has 0 heterocycles. The number of allylic oxidation sites excluding steroid dienone is 2. The minimum atomic E-state index is -0.124. The molecule has 0 saturated heterocycles. The molecule has 0 amide bonds. The SMILES string of the molecule is CC(=O)O[C@H]1CC[C@H]2[C@@H]3CC[C@H]4CC=C(C#N)C[C@]4(C)[C@H]3CC[C@]12C. The van der Waals surface area contributed by atoms with E-state index in [1.165, 1.54) is 32.1 Å². The van der Waals surface area contributed by atoms with Gasteiger partial charge in [-0.15, -0.1) is 0 Å². The maximum absolute atomic E-state index is 11.5. The third kappa shape index (κ3) is 2.47. The molecule has 25 heavy (non-hydrogen) atoms. The van der Waals surface area contributed by atoms with E-state index >= 15 is 0 Å². The van der Waals surface area contributed by atoms with Crippen molar-refractivity contribution in [3.05, 3.63) is 11.6 Å². The van der Waals surface area contributed by atoms with Crippen LogP contribution in [0.3, 0.4) is 0 Å². The number of carbonyl (C=O) groups excluding carboxylic acids is 1. The lowest BCUT2D eigenvalue weighted by Gasteiger charge is -2.59. The van der Waals surface area contributed by atoms with Crippen LogP contribution in [0.2, 0.25) is 0 Å². The number of hydrogen-bond acceptors (Lipinski definition) is 3. The second-order valence-electron chi connectivity index (χ2n) is 9.63. The van der Waals surface area contributed by atoms with E-state index in [0.29, 0.717) is 11.3 Å². The second kappa shape index (κ2) is 5.86. The van der Waals surface area contributed by atoms with Crippen LogP contribution < -0.4 is 0 Å². The molecule has 3 nitrogen and oxygen atoms in total. The van der Waals surface area contributed by atoms with Crippen molar-refractivity contribution in [2.24, 2.45) is 34.5 Å². The van der Waals surface area contributed by atoms with Gasteiger partial charge in [0.25, 0.3) is 0 Å². The zero-order valence-electron chi connectivity index (χ0n) is 15.9. The van der Waals surface area contributed by atoms with Crippen molar-refractivity contribution >= 4 is 5.97 Å². The van der Waals surface area contributed by atoms with Gasteiger partial charge in [-0.2, -0.15) is 5.26 Å². The van der Waals surface area contributed by atoms with Crippen LogP contribution in [0.4, 0.5) is 0 Å². The zero-order valence-corrected chi connectivity index (χ0v) is 15.9. The van der Waals surface area contributed by atoms with Gasteiger partial charge in [0.2, 0.25) is 0 Å². The van der Waals surface area contributed by atoms with Crippen molar-refractivity contribution in [3.8, 4) is 6.07 Å². The highest BCUT2D eigenvalue weighted by Crippen LogP contribution is 2.66. The van der Waals surface area contributed by atoms with Crippen LogP contribution in [0.25, 0.3) is 0 Å². The fraction of sp³-hybridized carbons (Fsp3) is 0.818. The summed E-state index contributed by atoms with van der Waals surface area (Å²) in [6, 6.07) is 2.44. The number of fused-ring (bicyclic) bond motifs is 5. The van der Waals surface area contributed by atoms with Crippen molar-refractivity contribution < 1.29 is 9.53 Å². The predicted molar refractivity (Wildman–Crippen MR) is 96.4 cm³/mol. The fourth-order valence-electron chi connectivity index (χ4n) is 7.40. The van der Waals surface area contributed by atoms with Crippen LogP contribution in [0.15, 0.2) is 11.6 Å². The van der Waals surface area contributed by atoms with Gasteiger partial charge in [-0.1, -0.05) is 19.9 Å². The van der Waals surface area contributed by atoms with Crippen LogP contribution in [-0.2, 0) is 9.53 Å². The Bertz CT molecular complexity index is 647. The van der Waals surface area contributed by atoms with Gasteiger partial charge in [-0.25, -0.2) is 0 Å². The molecule has 3 fully saturated rings. The molecule has 0 aromatic carbocycles. The molecule has 7 atom stereocenters. The molecule has 3 saturated carbocycles. The molecule has 0 spiro atoms. The first kappa shape index (κ1) is 17.1. The molecule has 0 bridgehead atoms. The van der Waals surface area contributed by atoms with Gasteiger partial charge in [0.1, 0.15) is 6.10 Å². The second-order valence-corrected chi connectivity index (χ2v) is 9.63. The molecule has 4 aliphatic carbocycles. The van der Waals surface area contributed by atoms with E-state index in [0.717, 1.165) is 42.6 Å². The molecule has 0 radical (unpaired) electrons. The molecular weight excluding hydrogens is 310 g/mol. The van der Waals surface area contributed by atoms with Crippen molar-refractivity contribution in [2.75, 3.05) is 0 Å². The lowest BCUT2D eigenvalue weighted by Crippen LogP contribution is -2.53. The number of hydrogen-bond donors (Lipinski definition) is 0. The molecule has 0 N–H and O–H groups in total. The van der Waals surface area contributed by atoms with E-state index in [9.17, 15) is 10.1 Å². The average molecular weight is 341 g/mol. The number of nitriles is 1. The molecule has 0 aliphatic heterocycles. The van der Waals surface area contributed by atoms with Crippen LogP contribution >= 0.6 is 0 Å². The van der Waals surface area contributed by atoms with Crippen molar-refractivity contribution in [3.63, 3.8) is 0 Å². The number of nitrogens with zero attached hydrogens (tertiary/aromatic N) is 1. The molecule has 0 aromatic heterocycles. The highest BCUT2D eigenvalue weighted by atomic mass is 16.5. The summed E-state index contributed by atoms with van der Waals surface area (Å²) >= 11 is 0. The zero-order chi connectivity index (χ0) is 17.8. The van der Waals surface area contributed by atoms with E-state index in [2.05, 4.69) is 26.0 Å². The predicted octanol–water partition coefficient (Wildman–Crippen LogP) is 5.02. The van der Waals surface area contributed by atoms with E-state index in [4.69, 9.17) is 4.74 Å². The summed E-state index contributed by atoms with van der Waals surface area (Å²) in [5.74, 6) is 2.79. The fourth-order valence-corrected chi connectivity index (χ4v) is 7.40. The van der Waals surface area contributed by atoms with E-state index in [1.54, 1.807) is 6.92 Å². The molecular formula is C22H31NO2. The Morgan fingerprint density at radius 3 is 2.64 bits per heavy atom. The maximum Gasteiger partial charge on any atom is 0.302 e. The molecule has 3 heteroatoms. The minimum Gasteiger partial charge on any atom is -0.462 e. The standard InChI is InChI=1S/C22H31NO2/c1-14(24)25-20-9-8-18-17-7-6-16-5-4-15(13-23)12-22(16,3)19(17)10-11-21(18,20)2/h4,16-20H,5-12H2,1-3H3/t16-,17+,18+,19+,20+,21+,22+/m1/s1. The summed E-state index contributed by atoms with van der Waals surface area (Å²) in [7, 11) is 0. The van der Waals surface area contributed by atoms with Gasteiger partial charge in [-0.3, -0.25) is 4.79 Å². The largest absolute Gasteiger partial charge is 0.462 e. The molecule has 136 valence electrons. The van der Waals surface area contributed by atoms with Crippen molar-refractivity contribution in [1.82, 2.24) is 0 Å². The van der Waals surface area contributed by atoms with Crippen LogP contribution in [0.1, 0.15) is 72.1 Å². The summed E-state index contributed by atoms with van der Waals surface area (Å²) in [4.78, 5) is 11.5. The molecule has 0 unspecified atom stereocenters. The summed E-state index contributed by atoms with van der Waals surface area (Å²) in [5, 5.41) is 9.43. The minimum absolute atomic E-state index is 0.113. The quantitative estimate of drug-likeness (QED) is 0.629. The first-order valence-corrected chi connectivity index (χ1v) is 10.1. The first-order valence-electron chi connectivity index (χ1n) is 10.1. The third-order valence-corrected chi connectivity index (χ3v) is 8.65.